The smallest absolute Gasteiger partial charge is 0.216 e. The van der Waals surface area contributed by atoms with Crippen LogP contribution in [0.5, 0.6) is 0 Å². The van der Waals surface area contributed by atoms with Crippen LogP contribution in [0.1, 0.15) is 10.6 Å². The first kappa shape index (κ1) is 11.8. The van der Waals surface area contributed by atoms with Gasteiger partial charge in [-0.15, -0.1) is 0 Å². The second-order valence-electron chi connectivity index (χ2n) is 3.69. The van der Waals surface area contributed by atoms with Crippen molar-refractivity contribution in [3.05, 3.63) is 35.8 Å². The van der Waals surface area contributed by atoms with E-state index in [9.17, 15) is 9.18 Å². The van der Waals surface area contributed by atoms with Crippen LogP contribution in [0.15, 0.2) is 28.7 Å². The molecule has 0 fully saturated rings. The van der Waals surface area contributed by atoms with E-state index < -0.39 is 17.6 Å². The normalized spacial score (nSPS) is 12.9. The lowest BCUT2D eigenvalue weighted by molar-refractivity contribution is 0.0867. The molecule has 1 heterocycles. The van der Waals surface area contributed by atoms with E-state index in [2.05, 4.69) is 0 Å². The number of Topliss-reactive ketones (excluding diaryl/α,β-unsaturated/α-hetero) is 1. The number of para-hydroxylation sites is 1. The average Bonchev–Trinajstić information content (AvgIpc) is 2.73. The number of fused-ring (bicyclic) bond motifs is 1. The summed E-state index contributed by atoms with van der Waals surface area (Å²) in [6.45, 7) is 0.0956. The van der Waals surface area contributed by atoms with Gasteiger partial charge in [-0.1, -0.05) is 12.1 Å². The van der Waals surface area contributed by atoms with Crippen molar-refractivity contribution in [2.24, 2.45) is 5.73 Å². The van der Waals surface area contributed by atoms with E-state index in [0.29, 0.717) is 5.39 Å². The Hall–Kier alpha value is -1.72. The van der Waals surface area contributed by atoms with Crippen LogP contribution >= 0.6 is 0 Å². The Bertz CT molecular complexity index is 550. The highest BCUT2D eigenvalue weighted by atomic mass is 19.1. The van der Waals surface area contributed by atoms with Gasteiger partial charge in [0.05, 0.1) is 12.6 Å². The Labute approximate surface area is 97.1 Å². The molecule has 2 N–H and O–H groups in total. The third-order valence-corrected chi connectivity index (χ3v) is 2.42. The fourth-order valence-corrected chi connectivity index (χ4v) is 1.59. The van der Waals surface area contributed by atoms with Crippen molar-refractivity contribution in [2.75, 3.05) is 13.7 Å². The van der Waals surface area contributed by atoms with Crippen LogP contribution in [-0.4, -0.2) is 25.5 Å². The third kappa shape index (κ3) is 2.20. The summed E-state index contributed by atoms with van der Waals surface area (Å²) in [6.07, 6.45) is 0. The van der Waals surface area contributed by atoms with Gasteiger partial charge < -0.3 is 14.9 Å². The number of nitrogens with two attached hydrogens (primary N) is 1. The van der Waals surface area contributed by atoms with E-state index in [0.717, 1.165) is 0 Å². The third-order valence-electron chi connectivity index (χ3n) is 2.42. The predicted molar refractivity (Wildman–Crippen MR) is 60.4 cm³/mol. The van der Waals surface area contributed by atoms with Gasteiger partial charge >= 0.3 is 0 Å². The van der Waals surface area contributed by atoms with Crippen molar-refractivity contribution in [3.63, 3.8) is 0 Å². The zero-order valence-electron chi connectivity index (χ0n) is 9.27. The lowest BCUT2D eigenvalue weighted by atomic mass is 10.1. The Morgan fingerprint density at radius 3 is 3.00 bits per heavy atom. The molecule has 1 aromatic heterocycles. The molecule has 4 nitrogen and oxygen atoms in total. The Kier molecular flexibility index (Phi) is 3.21. The van der Waals surface area contributed by atoms with E-state index in [1.54, 1.807) is 12.1 Å². The summed E-state index contributed by atoms with van der Waals surface area (Å²) in [4.78, 5) is 11.8. The van der Waals surface area contributed by atoms with E-state index in [1.165, 1.54) is 19.2 Å². The molecule has 0 spiro atoms. The number of halogens is 1. The first-order valence-electron chi connectivity index (χ1n) is 5.10. The van der Waals surface area contributed by atoms with Crippen LogP contribution in [-0.2, 0) is 4.74 Å². The predicted octanol–water partition coefficient (Wildman–Crippen LogP) is 1.73. The molecule has 1 aromatic carbocycles. The summed E-state index contributed by atoms with van der Waals surface area (Å²) >= 11 is 0. The number of carbonyl (C=O) groups is 1. The maximum absolute atomic E-state index is 13.4. The van der Waals surface area contributed by atoms with Crippen LogP contribution in [0.3, 0.4) is 0 Å². The molecule has 0 saturated heterocycles. The molecule has 1 unspecified atom stereocenters. The van der Waals surface area contributed by atoms with Gasteiger partial charge in [0.25, 0.3) is 0 Å². The molecule has 0 amide bonds. The molecule has 1 atom stereocenters. The summed E-state index contributed by atoms with van der Waals surface area (Å²) in [5.74, 6) is -0.848. The molecular weight excluding hydrogens is 225 g/mol. The lowest BCUT2D eigenvalue weighted by Crippen LogP contribution is -2.34. The van der Waals surface area contributed by atoms with E-state index in [4.69, 9.17) is 14.9 Å². The van der Waals surface area contributed by atoms with Crippen LogP contribution in [0.4, 0.5) is 4.39 Å². The minimum Gasteiger partial charge on any atom is -0.450 e. The molecule has 17 heavy (non-hydrogen) atoms. The summed E-state index contributed by atoms with van der Waals surface area (Å²) in [5.41, 5.74) is 5.66. The Morgan fingerprint density at radius 1 is 1.59 bits per heavy atom. The molecule has 0 aliphatic carbocycles. The summed E-state index contributed by atoms with van der Waals surface area (Å²) in [6, 6.07) is 5.17. The van der Waals surface area contributed by atoms with Crippen molar-refractivity contribution in [2.45, 2.75) is 6.04 Å². The van der Waals surface area contributed by atoms with E-state index in [1.807, 2.05) is 0 Å². The lowest BCUT2D eigenvalue weighted by Gasteiger charge is -2.06. The molecule has 0 bridgehead atoms. The number of carbonyl (C=O) groups excluding carboxylic acids is 1. The van der Waals surface area contributed by atoms with Crippen molar-refractivity contribution >= 4 is 16.8 Å². The van der Waals surface area contributed by atoms with Crippen LogP contribution in [0, 0.1) is 5.82 Å². The van der Waals surface area contributed by atoms with Crippen molar-refractivity contribution < 1.29 is 18.3 Å². The number of furan rings is 1. The molecule has 5 heteroatoms. The summed E-state index contributed by atoms with van der Waals surface area (Å²) in [7, 11) is 1.45. The van der Waals surface area contributed by atoms with Gasteiger partial charge in [0.15, 0.2) is 17.2 Å². The van der Waals surface area contributed by atoms with Gasteiger partial charge in [-0.2, -0.15) is 0 Å². The van der Waals surface area contributed by atoms with Crippen LogP contribution in [0.2, 0.25) is 0 Å². The van der Waals surface area contributed by atoms with Gasteiger partial charge in [0.1, 0.15) is 0 Å². The zero-order chi connectivity index (χ0) is 12.4. The fraction of sp³-hybridized carbons (Fsp3) is 0.250. The quantitative estimate of drug-likeness (QED) is 0.822. The average molecular weight is 237 g/mol. The number of hydrogen-bond donors (Lipinski definition) is 1. The molecule has 0 aliphatic heterocycles. The zero-order valence-corrected chi connectivity index (χ0v) is 9.27. The second kappa shape index (κ2) is 4.65. The summed E-state index contributed by atoms with van der Waals surface area (Å²) in [5, 5.41) is 0.540. The molecule has 0 radical (unpaired) electrons. The molecular formula is C12H12FNO3. The number of benzene rings is 1. The first-order chi connectivity index (χ1) is 8.13. The van der Waals surface area contributed by atoms with E-state index >= 15 is 0 Å². The molecule has 90 valence electrons. The van der Waals surface area contributed by atoms with Crippen molar-refractivity contribution in [1.82, 2.24) is 0 Å². The fourth-order valence-electron chi connectivity index (χ4n) is 1.59. The number of ether oxygens (including phenoxy) is 1. The number of hydrogen-bond acceptors (Lipinski definition) is 4. The molecule has 0 aliphatic rings. The topological polar surface area (TPSA) is 65.5 Å². The Balaban J connectivity index is 2.37. The minimum atomic E-state index is -0.802. The monoisotopic (exact) mass is 237 g/mol. The highest BCUT2D eigenvalue weighted by molar-refractivity contribution is 6.00. The van der Waals surface area contributed by atoms with Crippen LogP contribution in [0.25, 0.3) is 11.0 Å². The van der Waals surface area contributed by atoms with Gasteiger partial charge in [-0.3, -0.25) is 4.79 Å². The second-order valence-corrected chi connectivity index (χ2v) is 3.69. The van der Waals surface area contributed by atoms with Gasteiger partial charge in [-0.05, 0) is 12.1 Å². The van der Waals surface area contributed by atoms with Gasteiger partial charge in [-0.25, -0.2) is 4.39 Å². The Morgan fingerprint density at radius 2 is 2.35 bits per heavy atom. The first-order valence-corrected chi connectivity index (χ1v) is 5.10. The molecule has 2 aromatic rings. The van der Waals surface area contributed by atoms with Crippen molar-refractivity contribution in [1.29, 1.82) is 0 Å². The maximum Gasteiger partial charge on any atom is 0.216 e. The highest BCUT2D eigenvalue weighted by Gasteiger charge is 2.20. The maximum atomic E-state index is 13.4. The van der Waals surface area contributed by atoms with Gasteiger partial charge in [0.2, 0.25) is 5.78 Å². The number of ketones is 1. The molecule has 0 saturated carbocycles. The van der Waals surface area contributed by atoms with Crippen LogP contribution < -0.4 is 5.73 Å². The van der Waals surface area contributed by atoms with Crippen molar-refractivity contribution in [3.8, 4) is 0 Å². The largest absolute Gasteiger partial charge is 0.450 e. The standard InChI is InChI=1S/C12H12FNO3/c1-16-6-9(14)11(15)10-5-7-3-2-4-8(13)12(7)17-10/h2-5,9H,6,14H2,1H3. The van der Waals surface area contributed by atoms with E-state index in [-0.39, 0.29) is 18.0 Å². The summed E-state index contributed by atoms with van der Waals surface area (Å²) < 4.78 is 23.3. The minimum absolute atomic E-state index is 0.0506. The number of rotatable bonds is 4. The SMILES string of the molecule is COCC(N)C(=O)c1cc2cccc(F)c2o1. The number of methoxy groups -OCH3 is 1. The molecule has 2 rings (SSSR count). The highest BCUT2D eigenvalue weighted by Crippen LogP contribution is 2.22. The van der Waals surface area contributed by atoms with Gasteiger partial charge in [0, 0.05) is 12.5 Å².